The van der Waals surface area contributed by atoms with Crippen molar-refractivity contribution in [3.8, 4) is 0 Å². The first-order chi connectivity index (χ1) is 6.24. The number of nitrogens with zero attached hydrogens (tertiary/aromatic N) is 1. The average Bonchev–Trinajstić information content (AvgIpc) is 2.21. The standard InChI is InChI=1S/C10H21N.C2H6/c1-4-11-7-5-10(6-8-11)9(2)3;1-2/h9-10H,4-8H2,1-3H3;1-2H3. The minimum Gasteiger partial charge on any atom is -0.304 e. The van der Waals surface area contributed by atoms with Crippen LogP contribution in [0, 0.1) is 11.8 Å². The molecule has 0 aromatic carbocycles. The van der Waals surface area contributed by atoms with Crippen molar-refractivity contribution in [3.63, 3.8) is 0 Å². The van der Waals surface area contributed by atoms with E-state index in [-0.39, 0.29) is 0 Å². The van der Waals surface area contributed by atoms with Crippen LogP contribution in [0.2, 0.25) is 0 Å². The normalized spacial score (nSPS) is 19.8. The molecule has 0 saturated carbocycles. The Balaban J connectivity index is 0.000000671. The lowest BCUT2D eigenvalue weighted by atomic mass is 9.87. The van der Waals surface area contributed by atoms with E-state index in [2.05, 4.69) is 25.7 Å². The molecular weight excluding hydrogens is 158 g/mol. The Labute approximate surface area is 84.5 Å². The van der Waals surface area contributed by atoms with Crippen molar-refractivity contribution in [1.82, 2.24) is 4.90 Å². The summed E-state index contributed by atoms with van der Waals surface area (Å²) in [5.41, 5.74) is 0. The highest BCUT2D eigenvalue weighted by molar-refractivity contribution is 4.73. The fraction of sp³-hybridized carbons (Fsp3) is 1.00. The molecule has 0 spiro atoms. The Morgan fingerprint density at radius 1 is 1.15 bits per heavy atom. The van der Waals surface area contributed by atoms with Crippen LogP contribution in [-0.4, -0.2) is 24.5 Å². The van der Waals surface area contributed by atoms with E-state index in [1.807, 2.05) is 13.8 Å². The molecular formula is C12H27N. The summed E-state index contributed by atoms with van der Waals surface area (Å²) in [6.45, 7) is 14.9. The molecule has 1 aliphatic rings. The average molecular weight is 185 g/mol. The van der Waals surface area contributed by atoms with E-state index in [9.17, 15) is 0 Å². The Morgan fingerprint density at radius 2 is 1.62 bits per heavy atom. The number of hydrogen-bond donors (Lipinski definition) is 0. The van der Waals surface area contributed by atoms with E-state index < -0.39 is 0 Å². The molecule has 0 unspecified atom stereocenters. The minimum absolute atomic E-state index is 0.897. The van der Waals surface area contributed by atoms with Crippen LogP contribution in [0.4, 0.5) is 0 Å². The van der Waals surface area contributed by atoms with Gasteiger partial charge in [0.2, 0.25) is 0 Å². The van der Waals surface area contributed by atoms with E-state index in [1.165, 1.54) is 32.5 Å². The summed E-state index contributed by atoms with van der Waals surface area (Å²) in [6, 6.07) is 0. The number of rotatable bonds is 2. The summed E-state index contributed by atoms with van der Waals surface area (Å²) < 4.78 is 0. The SMILES string of the molecule is CC.CCN1CCC(C(C)C)CC1. The topological polar surface area (TPSA) is 3.24 Å². The van der Waals surface area contributed by atoms with Gasteiger partial charge in [0.05, 0.1) is 0 Å². The monoisotopic (exact) mass is 185 g/mol. The van der Waals surface area contributed by atoms with Crippen molar-refractivity contribution in [2.24, 2.45) is 11.8 Å². The summed E-state index contributed by atoms with van der Waals surface area (Å²) in [6.07, 6.45) is 2.84. The van der Waals surface area contributed by atoms with Gasteiger partial charge in [0.25, 0.3) is 0 Å². The van der Waals surface area contributed by atoms with Crippen LogP contribution in [-0.2, 0) is 0 Å². The molecule has 0 atom stereocenters. The number of piperidine rings is 1. The minimum atomic E-state index is 0.897. The lowest BCUT2D eigenvalue weighted by Crippen LogP contribution is -2.34. The lowest BCUT2D eigenvalue weighted by Gasteiger charge is -2.32. The van der Waals surface area contributed by atoms with Crippen molar-refractivity contribution >= 4 is 0 Å². The molecule has 0 N–H and O–H groups in total. The third-order valence-corrected chi connectivity index (χ3v) is 3.02. The summed E-state index contributed by atoms with van der Waals surface area (Å²) in [4.78, 5) is 2.55. The second-order valence-electron chi connectivity index (χ2n) is 4.02. The van der Waals surface area contributed by atoms with Gasteiger partial charge < -0.3 is 4.90 Å². The second-order valence-corrected chi connectivity index (χ2v) is 4.02. The van der Waals surface area contributed by atoms with Crippen molar-refractivity contribution in [2.75, 3.05) is 19.6 Å². The van der Waals surface area contributed by atoms with Gasteiger partial charge in [-0.1, -0.05) is 34.6 Å². The molecule has 0 amide bonds. The maximum Gasteiger partial charge on any atom is -0.00161 e. The van der Waals surface area contributed by atoms with Crippen molar-refractivity contribution in [2.45, 2.75) is 47.5 Å². The summed E-state index contributed by atoms with van der Waals surface area (Å²) in [7, 11) is 0. The van der Waals surface area contributed by atoms with E-state index in [4.69, 9.17) is 0 Å². The highest BCUT2D eigenvalue weighted by Gasteiger charge is 2.19. The molecule has 80 valence electrons. The molecule has 1 heteroatoms. The summed E-state index contributed by atoms with van der Waals surface area (Å²) >= 11 is 0. The first-order valence-electron chi connectivity index (χ1n) is 5.96. The molecule has 0 radical (unpaired) electrons. The molecule has 0 aliphatic carbocycles. The van der Waals surface area contributed by atoms with Crippen molar-refractivity contribution in [3.05, 3.63) is 0 Å². The highest BCUT2D eigenvalue weighted by atomic mass is 15.1. The van der Waals surface area contributed by atoms with Gasteiger partial charge in [-0.2, -0.15) is 0 Å². The van der Waals surface area contributed by atoms with Crippen LogP contribution in [0.1, 0.15) is 47.5 Å². The van der Waals surface area contributed by atoms with Gasteiger partial charge in [0.15, 0.2) is 0 Å². The summed E-state index contributed by atoms with van der Waals surface area (Å²) in [5, 5.41) is 0. The van der Waals surface area contributed by atoms with Crippen LogP contribution in [0.5, 0.6) is 0 Å². The van der Waals surface area contributed by atoms with Crippen LogP contribution < -0.4 is 0 Å². The van der Waals surface area contributed by atoms with Gasteiger partial charge in [-0.15, -0.1) is 0 Å². The molecule has 13 heavy (non-hydrogen) atoms. The van der Waals surface area contributed by atoms with Crippen LogP contribution in [0.3, 0.4) is 0 Å². The first-order valence-corrected chi connectivity index (χ1v) is 5.96. The molecule has 0 bridgehead atoms. The molecule has 1 heterocycles. The number of hydrogen-bond acceptors (Lipinski definition) is 1. The largest absolute Gasteiger partial charge is 0.304 e. The fourth-order valence-electron chi connectivity index (χ4n) is 1.94. The van der Waals surface area contributed by atoms with Gasteiger partial charge >= 0.3 is 0 Å². The predicted octanol–water partition coefficient (Wildman–Crippen LogP) is 3.40. The predicted molar refractivity (Wildman–Crippen MR) is 61.0 cm³/mol. The Kier molecular flexibility index (Phi) is 7.35. The van der Waals surface area contributed by atoms with E-state index >= 15 is 0 Å². The van der Waals surface area contributed by atoms with Crippen LogP contribution >= 0.6 is 0 Å². The molecule has 1 aliphatic heterocycles. The maximum atomic E-state index is 2.55. The molecule has 1 saturated heterocycles. The van der Waals surface area contributed by atoms with E-state index in [1.54, 1.807) is 0 Å². The van der Waals surface area contributed by atoms with Crippen LogP contribution in [0.15, 0.2) is 0 Å². The van der Waals surface area contributed by atoms with Crippen molar-refractivity contribution in [1.29, 1.82) is 0 Å². The Hall–Kier alpha value is -0.0400. The zero-order valence-corrected chi connectivity index (χ0v) is 10.1. The zero-order valence-electron chi connectivity index (χ0n) is 10.1. The van der Waals surface area contributed by atoms with Gasteiger partial charge in [0.1, 0.15) is 0 Å². The third-order valence-electron chi connectivity index (χ3n) is 3.02. The number of likely N-dealkylation sites (tertiary alicyclic amines) is 1. The van der Waals surface area contributed by atoms with Gasteiger partial charge in [-0.3, -0.25) is 0 Å². The highest BCUT2D eigenvalue weighted by Crippen LogP contribution is 2.23. The molecule has 1 rings (SSSR count). The maximum absolute atomic E-state index is 2.55. The quantitative estimate of drug-likeness (QED) is 0.637. The van der Waals surface area contributed by atoms with Crippen LogP contribution in [0.25, 0.3) is 0 Å². The molecule has 1 nitrogen and oxygen atoms in total. The Morgan fingerprint density at radius 3 is 1.92 bits per heavy atom. The van der Waals surface area contributed by atoms with Crippen molar-refractivity contribution < 1.29 is 0 Å². The Bertz CT molecular complexity index is 102. The van der Waals surface area contributed by atoms with Gasteiger partial charge in [0, 0.05) is 0 Å². The third kappa shape index (κ3) is 4.66. The fourth-order valence-corrected chi connectivity index (χ4v) is 1.94. The molecule has 0 aromatic heterocycles. The van der Waals surface area contributed by atoms with Gasteiger partial charge in [-0.25, -0.2) is 0 Å². The van der Waals surface area contributed by atoms with E-state index in [0.29, 0.717) is 0 Å². The zero-order chi connectivity index (χ0) is 10.3. The lowest BCUT2D eigenvalue weighted by molar-refractivity contribution is 0.164. The first kappa shape index (κ1) is 13.0. The van der Waals surface area contributed by atoms with E-state index in [0.717, 1.165) is 11.8 Å². The second kappa shape index (κ2) is 7.37. The molecule has 1 fully saturated rings. The molecule has 0 aromatic rings. The van der Waals surface area contributed by atoms with Gasteiger partial charge in [-0.05, 0) is 44.3 Å². The smallest absolute Gasteiger partial charge is 0.00161 e. The summed E-state index contributed by atoms with van der Waals surface area (Å²) in [5.74, 6) is 1.90.